The maximum atomic E-state index is 5.63. The molecule has 0 amide bonds. The number of amidine groups is 1. The van der Waals surface area contributed by atoms with E-state index in [0.717, 1.165) is 48.5 Å². The topological polar surface area (TPSA) is 93.1 Å². The van der Waals surface area contributed by atoms with Gasteiger partial charge in [0.05, 0.1) is 12.9 Å². The van der Waals surface area contributed by atoms with Crippen molar-refractivity contribution in [3.8, 4) is 16.9 Å². The lowest BCUT2D eigenvalue weighted by Crippen LogP contribution is -2.41. The van der Waals surface area contributed by atoms with Gasteiger partial charge in [-0.2, -0.15) is 4.98 Å². The van der Waals surface area contributed by atoms with Crippen LogP contribution in [0.15, 0.2) is 47.6 Å². The number of thiocarbonyl (C=S) groups is 1. The summed E-state index contributed by atoms with van der Waals surface area (Å²) >= 11 is 5.34. The van der Waals surface area contributed by atoms with Crippen molar-refractivity contribution >= 4 is 34.8 Å². The van der Waals surface area contributed by atoms with Crippen LogP contribution in [0.2, 0.25) is 0 Å². The highest BCUT2D eigenvalue weighted by Crippen LogP contribution is 2.27. The Hall–Kier alpha value is -3.20. The number of methoxy groups -OCH3 is 1. The number of nitrogens with one attached hydrogen (secondary N) is 1. The minimum Gasteiger partial charge on any atom is -0.497 e. The van der Waals surface area contributed by atoms with Gasteiger partial charge in [-0.1, -0.05) is 12.1 Å². The molecule has 3 aromatic rings. The largest absolute Gasteiger partial charge is 0.497 e. The van der Waals surface area contributed by atoms with Crippen LogP contribution in [0, 0.1) is 0 Å². The summed E-state index contributed by atoms with van der Waals surface area (Å²) in [5.41, 5.74) is 8.48. The van der Waals surface area contributed by atoms with Crippen LogP contribution in [0.3, 0.4) is 0 Å². The number of anilines is 1. The number of pyridine rings is 1. The van der Waals surface area contributed by atoms with Crippen LogP contribution in [0.4, 0.5) is 5.95 Å². The predicted octanol–water partition coefficient (Wildman–Crippen LogP) is 2.94. The van der Waals surface area contributed by atoms with Crippen molar-refractivity contribution in [2.24, 2.45) is 10.7 Å². The van der Waals surface area contributed by atoms with Crippen LogP contribution in [0.1, 0.15) is 19.8 Å². The lowest BCUT2D eigenvalue weighted by atomic mass is 10.1. The Bertz CT molecular complexity index is 1080. The van der Waals surface area contributed by atoms with Crippen molar-refractivity contribution in [3.63, 3.8) is 0 Å². The number of likely N-dealkylation sites (tertiary alicyclic amines) is 1. The maximum Gasteiger partial charge on any atom is 0.243 e. The van der Waals surface area contributed by atoms with Crippen molar-refractivity contribution in [2.75, 3.05) is 25.5 Å². The Kier molecular flexibility index (Phi) is 5.80. The predicted molar refractivity (Wildman–Crippen MR) is 123 cm³/mol. The second-order valence-electron chi connectivity index (χ2n) is 7.30. The molecule has 1 aliphatic heterocycles. The van der Waals surface area contributed by atoms with E-state index in [2.05, 4.69) is 20.3 Å². The first-order valence-corrected chi connectivity index (χ1v) is 10.3. The molecular formula is C21H25N7OS. The normalized spacial score (nSPS) is 15.4. The summed E-state index contributed by atoms with van der Waals surface area (Å²) < 4.78 is 7.16. The summed E-state index contributed by atoms with van der Waals surface area (Å²) in [5.74, 6) is 1.93. The molecule has 4 rings (SSSR count). The van der Waals surface area contributed by atoms with Crippen LogP contribution < -0.4 is 15.8 Å². The SMILES string of the molecule is COc1cccc(-c2cccn3nc(NC4CCN(C(=S)/N=C(/C)N)CC4)nc23)c1. The zero-order valence-electron chi connectivity index (χ0n) is 17.1. The number of nitrogens with zero attached hydrogens (tertiary/aromatic N) is 5. The molecule has 0 radical (unpaired) electrons. The summed E-state index contributed by atoms with van der Waals surface area (Å²) in [7, 11) is 1.67. The molecule has 0 aliphatic carbocycles. The number of piperidine rings is 1. The standard InChI is InChI=1S/C21H25N7OS/c1-14(22)23-21(30)27-11-8-16(9-12-27)24-20-25-19-18(7-4-10-28(19)26-20)15-5-3-6-17(13-15)29-2/h3-7,10,13,16H,8-9,11-12H2,1-2H3,(H,24,26)(H2,22,23,30). The fourth-order valence-electron chi connectivity index (χ4n) is 3.60. The van der Waals surface area contributed by atoms with Crippen LogP contribution in [-0.2, 0) is 0 Å². The van der Waals surface area contributed by atoms with Gasteiger partial charge in [0.2, 0.25) is 5.95 Å². The molecule has 3 N–H and O–H groups in total. The summed E-state index contributed by atoms with van der Waals surface area (Å²) in [6, 6.07) is 12.2. The molecule has 0 spiro atoms. The second kappa shape index (κ2) is 8.66. The monoisotopic (exact) mass is 423 g/mol. The maximum absolute atomic E-state index is 5.63. The quantitative estimate of drug-likeness (QED) is 0.379. The molecule has 0 saturated carbocycles. The van der Waals surface area contributed by atoms with E-state index >= 15 is 0 Å². The molecule has 30 heavy (non-hydrogen) atoms. The highest BCUT2D eigenvalue weighted by atomic mass is 32.1. The van der Waals surface area contributed by atoms with Gasteiger partial charge in [0.25, 0.3) is 0 Å². The molecule has 8 nitrogen and oxygen atoms in total. The highest BCUT2D eigenvalue weighted by Gasteiger charge is 2.22. The first-order valence-electron chi connectivity index (χ1n) is 9.89. The van der Waals surface area contributed by atoms with Gasteiger partial charge in [-0.3, -0.25) is 0 Å². The lowest BCUT2D eigenvalue weighted by Gasteiger charge is -2.32. The van der Waals surface area contributed by atoms with Crippen molar-refractivity contribution in [3.05, 3.63) is 42.6 Å². The van der Waals surface area contributed by atoms with Gasteiger partial charge in [0.15, 0.2) is 10.8 Å². The van der Waals surface area contributed by atoms with Crippen LogP contribution in [-0.4, -0.2) is 56.7 Å². The summed E-state index contributed by atoms with van der Waals surface area (Å²) in [6.07, 6.45) is 3.76. The molecule has 2 aromatic heterocycles. The average Bonchev–Trinajstić information content (AvgIpc) is 3.16. The van der Waals surface area contributed by atoms with Gasteiger partial charge in [0.1, 0.15) is 5.75 Å². The second-order valence-corrected chi connectivity index (χ2v) is 7.66. The Morgan fingerprint density at radius 3 is 2.80 bits per heavy atom. The first-order chi connectivity index (χ1) is 14.5. The molecule has 9 heteroatoms. The van der Waals surface area contributed by atoms with Gasteiger partial charge < -0.3 is 20.7 Å². The lowest BCUT2D eigenvalue weighted by molar-refractivity contribution is 0.325. The van der Waals surface area contributed by atoms with Gasteiger partial charge in [-0.15, -0.1) is 5.10 Å². The van der Waals surface area contributed by atoms with E-state index in [1.54, 1.807) is 18.5 Å². The van der Waals surface area contributed by atoms with Crippen molar-refractivity contribution in [1.29, 1.82) is 0 Å². The van der Waals surface area contributed by atoms with Gasteiger partial charge >= 0.3 is 0 Å². The van der Waals surface area contributed by atoms with E-state index in [1.807, 2.05) is 42.6 Å². The highest BCUT2D eigenvalue weighted by molar-refractivity contribution is 7.80. The third-order valence-corrected chi connectivity index (χ3v) is 5.46. The number of rotatable bonds is 4. The zero-order chi connectivity index (χ0) is 21.1. The molecule has 1 aromatic carbocycles. The Morgan fingerprint density at radius 1 is 1.27 bits per heavy atom. The van der Waals surface area contributed by atoms with E-state index in [-0.39, 0.29) is 6.04 Å². The number of aliphatic imine (C=N–C) groups is 1. The number of nitrogens with two attached hydrogens (primary N) is 1. The van der Waals surface area contributed by atoms with Crippen molar-refractivity contribution < 1.29 is 4.74 Å². The summed E-state index contributed by atoms with van der Waals surface area (Å²) in [5, 5.41) is 8.65. The molecule has 1 saturated heterocycles. The number of benzene rings is 1. The average molecular weight is 424 g/mol. The number of hydrogen-bond donors (Lipinski definition) is 2. The first kappa shape index (κ1) is 20.1. The van der Waals surface area contributed by atoms with Crippen LogP contribution in [0.25, 0.3) is 16.8 Å². The number of hydrogen-bond acceptors (Lipinski definition) is 5. The van der Waals surface area contributed by atoms with Crippen LogP contribution >= 0.6 is 12.2 Å². The van der Waals surface area contributed by atoms with E-state index < -0.39 is 0 Å². The fraction of sp³-hybridized carbons (Fsp3) is 0.333. The van der Waals surface area contributed by atoms with Crippen molar-refractivity contribution in [1.82, 2.24) is 19.5 Å². The number of ether oxygens (including phenoxy) is 1. The molecule has 1 fully saturated rings. The summed E-state index contributed by atoms with van der Waals surface area (Å²) in [6.45, 7) is 3.40. The van der Waals surface area contributed by atoms with E-state index in [1.165, 1.54) is 0 Å². The molecular weight excluding hydrogens is 398 g/mol. The molecule has 0 unspecified atom stereocenters. The molecule has 0 atom stereocenters. The van der Waals surface area contributed by atoms with E-state index in [9.17, 15) is 0 Å². The molecule has 156 valence electrons. The minimum atomic E-state index is 0.282. The molecule has 1 aliphatic rings. The van der Waals surface area contributed by atoms with Gasteiger partial charge in [-0.25, -0.2) is 9.51 Å². The fourth-order valence-corrected chi connectivity index (χ4v) is 3.93. The smallest absolute Gasteiger partial charge is 0.243 e. The Balaban J connectivity index is 1.49. The molecule has 0 bridgehead atoms. The van der Waals surface area contributed by atoms with Gasteiger partial charge in [-0.05, 0) is 61.8 Å². The summed E-state index contributed by atoms with van der Waals surface area (Å²) in [4.78, 5) is 11.0. The number of fused-ring (bicyclic) bond motifs is 1. The minimum absolute atomic E-state index is 0.282. The third-order valence-electron chi connectivity index (χ3n) is 5.11. The molecule has 3 heterocycles. The van der Waals surface area contributed by atoms with Crippen LogP contribution in [0.5, 0.6) is 5.75 Å². The third kappa shape index (κ3) is 4.35. The Labute approximate surface area is 180 Å². The van der Waals surface area contributed by atoms with Crippen molar-refractivity contribution in [2.45, 2.75) is 25.8 Å². The zero-order valence-corrected chi connectivity index (χ0v) is 17.9. The number of aromatic nitrogens is 3. The van der Waals surface area contributed by atoms with Gasteiger partial charge in [0, 0.05) is 30.9 Å². The van der Waals surface area contributed by atoms with E-state index in [4.69, 9.17) is 27.7 Å². The Morgan fingerprint density at radius 2 is 2.07 bits per heavy atom. The van der Waals surface area contributed by atoms with E-state index in [0.29, 0.717) is 16.9 Å².